The molecule has 0 spiro atoms. The second-order valence-corrected chi connectivity index (χ2v) is 6.79. The van der Waals surface area contributed by atoms with Crippen LogP contribution in [0.3, 0.4) is 0 Å². The molecule has 0 saturated heterocycles. The Balaban J connectivity index is 2.13. The van der Waals surface area contributed by atoms with E-state index in [1.807, 2.05) is 0 Å². The lowest BCUT2D eigenvalue weighted by Gasteiger charge is -2.07. The van der Waals surface area contributed by atoms with E-state index in [9.17, 15) is 13.2 Å². The molecule has 0 atom stereocenters. The van der Waals surface area contributed by atoms with Crippen molar-refractivity contribution in [1.29, 1.82) is 0 Å². The number of benzene rings is 2. The van der Waals surface area contributed by atoms with E-state index in [0.717, 1.165) is 7.11 Å². The molecule has 0 aliphatic rings. The van der Waals surface area contributed by atoms with Crippen LogP contribution in [0.15, 0.2) is 53.4 Å². The van der Waals surface area contributed by atoms with Gasteiger partial charge < -0.3 is 9.47 Å². The van der Waals surface area contributed by atoms with E-state index < -0.39 is 21.6 Å². The molecule has 2 rings (SSSR count). The Morgan fingerprint density at radius 3 is 2.00 bits per heavy atom. The van der Waals surface area contributed by atoms with Crippen LogP contribution in [0.2, 0.25) is 5.02 Å². The molecule has 0 bridgehead atoms. The summed E-state index contributed by atoms with van der Waals surface area (Å²) in [7, 11) is -2.57. The summed E-state index contributed by atoms with van der Waals surface area (Å²) in [5.74, 6) is -0.448. The zero-order valence-electron chi connectivity index (χ0n) is 11.7. The maximum Gasteiger partial charge on any atom is 0.321 e. The van der Waals surface area contributed by atoms with Crippen molar-refractivity contribution in [3.05, 3.63) is 53.6 Å². The summed E-state index contributed by atoms with van der Waals surface area (Å²) in [6, 6.07) is 12.6. The number of sulfone groups is 1. The van der Waals surface area contributed by atoms with Crippen LogP contribution >= 0.6 is 11.6 Å². The number of rotatable bonds is 5. The van der Waals surface area contributed by atoms with Crippen molar-refractivity contribution in [3.8, 4) is 11.5 Å². The van der Waals surface area contributed by atoms with Crippen molar-refractivity contribution < 1.29 is 22.7 Å². The highest BCUT2D eigenvalue weighted by Crippen LogP contribution is 2.24. The van der Waals surface area contributed by atoms with Crippen LogP contribution in [-0.4, -0.2) is 27.2 Å². The molecule has 0 aliphatic heterocycles. The summed E-state index contributed by atoms with van der Waals surface area (Å²) in [4.78, 5) is 11.1. The Labute approximate surface area is 133 Å². The van der Waals surface area contributed by atoms with Crippen LogP contribution in [0.25, 0.3) is 0 Å². The second-order valence-electron chi connectivity index (χ2n) is 4.36. The summed E-state index contributed by atoms with van der Waals surface area (Å²) in [5, 5.41) is 0.594. The van der Waals surface area contributed by atoms with Gasteiger partial charge in [-0.05, 0) is 48.5 Å². The number of carbonyl (C=O) groups excluding carboxylic acids is 1. The van der Waals surface area contributed by atoms with Crippen molar-refractivity contribution in [2.24, 2.45) is 0 Å². The zero-order chi connectivity index (χ0) is 16.2. The number of hydrogen-bond acceptors (Lipinski definition) is 5. The summed E-state index contributed by atoms with van der Waals surface area (Å²) in [6.45, 7) is 0. The first-order valence-corrected chi connectivity index (χ1v) is 8.27. The molecule has 5 nitrogen and oxygen atoms in total. The largest absolute Gasteiger partial charge is 0.468 e. The molecule has 2 aromatic carbocycles. The molecule has 0 saturated carbocycles. The average molecular weight is 341 g/mol. The lowest BCUT2D eigenvalue weighted by atomic mass is 10.3. The van der Waals surface area contributed by atoms with Crippen LogP contribution in [0, 0.1) is 0 Å². The van der Waals surface area contributed by atoms with Crippen LogP contribution in [-0.2, 0) is 19.4 Å². The van der Waals surface area contributed by atoms with Crippen molar-refractivity contribution in [2.45, 2.75) is 4.90 Å². The standard InChI is InChI=1S/C15H13ClO5S/c1-20-15(17)10-22(18,19)14-8-6-13(7-9-14)21-12-4-2-11(16)3-5-12/h2-9H,10H2,1H3. The van der Waals surface area contributed by atoms with Crippen molar-refractivity contribution in [1.82, 2.24) is 0 Å². The van der Waals surface area contributed by atoms with E-state index in [2.05, 4.69) is 4.74 Å². The highest BCUT2D eigenvalue weighted by molar-refractivity contribution is 7.92. The lowest BCUT2D eigenvalue weighted by molar-refractivity contribution is -0.137. The van der Waals surface area contributed by atoms with Crippen molar-refractivity contribution in [2.75, 3.05) is 12.9 Å². The Morgan fingerprint density at radius 1 is 1.00 bits per heavy atom. The minimum atomic E-state index is -3.71. The third-order valence-electron chi connectivity index (χ3n) is 2.77. The first-order chi connectivity index (χ1) is 10.4. The third kappa shape index (κ3) is 4.22. The predicted molar refractivity (Wildman–Crippen MR) is 82.0 cm³/mol. The molecule has 22 heavy (non-hydrogen) atoms. The van der Waals surface area contributed by atoms with E-state index in [1.165, 1.54) is 24.3 Å². The fourth-order valence-corrected chi connectivity index (χ4v) is 2.92. The lowest BCUT2D eigenvalue weighted by Crippen LogP contribution is -2.17. The summed E-state index contributed by atoms with van der Waals surface area (Å²) in [5.41, 5.74) is 0. The molecule has 0 aliphatic carbocycles. The van der Waals surface area contributed by atoms with Crippen LogP contribution in [0.1, 0.15) is 0 Å². The van der Waals surface area contributed by atoms with Crippen LogP contribution in [0.5, 0.6) is 11.5 Å². The van der Waals surface area contributed by atoms with Gasteiger partial charge in [-0.15, -0.1) is 0 Å². The minimum absolute atomic E-state index is 0.0290. The van der Waals surface area contributed by atoms with Crippen LogP contribution < -0.4 is 4.74 Å². The van der Waals surface area contributed by atoms with Gasteiger partial charge in [-0.25, -0.2) is 8.42 Å². The molecule has 0 heterocycles. The monoisotopic (exact) mass is 340 g/mol. The topological polar surface area (TPSA) is 69.7 Å². The molecule has 7 heteroatoms. The van der Waals surface area contributed by atoms with Gasteiger partial charge >= 0.3 is 5.97 Å². The van der Waals surface area contributed by atoms with Gasteiger partial charge in [-0.1, -0.05) is 11.6 Å². The Kier molecular flexibility index (Phi) is 5.05. The van der Waals surface area contributed by atoms with Gasteiger partial charge in [0.2, 0.25) is 0 Å². The number of ether oxygens (including phenoxy) is 2. The van der Waals surface area contributed by atoms with E-state index in [0.29, 0.717) is 16.5 Å². The minimum Gasteiger partial charge on any atom is -0.468 e. The van der Waals surface area contributed by atoms with Crippen LogP contribution in [0.4, 0.5) is 0 Å². The molecule has 2 aromatic rings. The van der Waals surface area contributed by atoms with Gasteiger partial charge in [0.15, 0.2) is 15.6 Å². The van der Waals surface area contributed by atoms with E-state index in [4.69, 9.17) is 16.3 Å². The molecule has 0 aromatic heterocycles. The number of carbonyl (C=O) groups is 1. The summed E-state index contributed by atoms with van der Waals surface area (Å²) in [6.07, 6.45) is 0. The molecule has 0 unspecified atom stereocenters. The molecule has 0 amide bonds. The fraction of sp³-hybridized carbons (Fsp3) is 0.133. The molecule has 116 valence electrons. The number of methoxy groups -OCH3 is 1. The fourth-order valence-electron chi connectivity index (χ4n) is 1.65. The van der Waals surface area contributed by atoms with Gasteiger partial charge in [0, 0.05) is 5.02 Å². The zero-order valence-corrected chi connectivity index (χ0v) is 13.2. The molecular formula is C15H13ClO5S. The highest BCUT2D eigenvalue weighted by Gasteiger charge is 2.19. The molecule has 0 radical (unpaired) electrons. The van der Waals surface area contributed by atoms with E-state index in [1.54, 1.807) is 24.3 Å². The number of hydrogen-bond donors (Lipinski definition) is 0. The van der Waals surface area contributed by atoms with E-state index in [-0.39, 0.29) is 4.90 Å². The first-order valence-electron chi connectivity index (χ1n) is 6.24. The predicted octanol–water partition coefficient (Wildman–Crippen LogP) is 3.08. The normalized spacial score (nSPS) is 11.0. The summed E-state index contributed by atoms with van der Waals surface area (Å²) >= 11 is 5.78. The smallest absolute Gasteiger partial charge is 0.321 e. The van der Waals surface area contributed by atoms with E-state index >= 15 is 0 Å². The maximum absolute atomic E-state index is 12.0. The molecular weight excluding hydrogens is 328 g/mol. The highest BCUT2D eigenvalue weighted by atomic mass is 35.5. The first kappa shape index (κ1) is 16.3. The van der Waals surface area contributed by atoms with Gasteiger partial charge in [0.1, 0.15) is 11.5 Å². The number of halogens is 1. The summed E-state index contributed by atoms with van der Waals surface area (Å²) < 4.78 is 33.8. The van der Waals surface area contributed by atoms with Crippen molar-refractivity contribution in [3.63, 3.8) is 0 Å². The quantitative estimate of drug-likeness (QED) is 0.782. The molecule has 0 N–H and O–H groups in total. The molecule has 0 fully saturated rings. The average Bonchev–Trinajstić information content (AvgIpc) is 2.49. The second kappa shape index (κ2) is 6.81. The SMILES string of the molecule is COC(=O)CS(=O)(=O)c1ccc(Oc2ccc(Cl)cc2)cc1. The van der Waals surface area contributed by atoms with Gasteiger partial charge in [0.25, 0.3) is 0 Å². The number of esters is 1. The Hall–Kier alpha value is -2.05. The Bertz CT molecular complexity index is 752. The Morgan fingerprint density at radius 2 is 1.50 bits per heavy atom. The third-order valence-corrected chi connectivity index (χ3v) is 4.63. The van der Waals surface area contributed by atoms with Crippen molar-refractivity contribution >= 4 is 27.4 Å². The van der Waals surface area contributed by atoms with Gasteiger partial charge in [0.05, 0.1) is 12.0 Å². The van der Waals surface area contributed by atoms with Gasteiger partial charge in [-0.3, -0.25) is 4.79 Å². The van der Waals surface area contributed by atoms with Gasteiger partial charge in [-0.2, -0.15) is 0 Å². The maximum atomic E-state index is 12.0.